The molecular weight excluding hydrogens is 320 g/mol. The Hall–Kier alpha value is -1.89. The zero-order valence-electron chi connectivity index (χ0n) is 15.0. The minimum atomic E-state index is -0.134. The van der Waals surface area contributed by atoms with E-state index in [2.05, 4.69) is 10.3 Å². The molecule has 2 aliphatic rings. The third-order valence-corrected chi connectivity index (χ3v) is 5.14. The quantitative estimate of drug-likeness (QED) is 0.785. The monoisotopic (exact) mass is 348 g/mol. The van der Waals surface area contributed by atoms with E-state index in [1.54, 1.807) is 13.4 Å². The van der Waals surface area contributed by atoms with Gasteiger partial charge in [-0.3, -0.25) is 9.59 Å². The van der Waals surface area contributed by atoms with E-state index < -0.39 is 0 Å². The number of imidazole rings is 1. The van der Waals surface area contributed by atoms with Gasteiger partial charge < -0.3 is 19.5 Å². The zero-order valence-corrected chi connectivity index (χ0v) is 15.0. The Morgan fingerprint density at radius 3 is 2.88 bits per heavy atom. The molecule has 1 unspecified atom stereocenters. The van der Waals surface area contributed by atoms with E-state index >= 15 is 0 Å². The summed E-state index contributed by atoms with van der Waals surface area (Å²) in [5.41, 5.74) is 1.45. The molecule has 0 aliphatic carbocycles. The summed E-state index contributed by atoms with van der Waals surface area (Å²) in [5.74, 6) is 0.146. The van der Waals surface area contributed by atoms with E-state index in [1.807, 2.05) is 9.47 Å². The maximum atomic E-state index is 12.7. The first-order chi connectivity index (χ1) is 12.2. The van der Waals surface area contributed by atoms with Gasteiger partial charge in [0.15, 0.2) is 0 Å². The Morgan fingerprint density at radius 1 is 1.32 bits per heavy atom. The van der Waals surface area contributed by atoms with Crippen molar-refractivity contribution in [2.24, 2.45) is 5.92 Å². The normalized spacial score (nSPS) is 20.2. The maximum absolute atomic E-state index is 12.7. The molecule has 1 atom stereocenters. The lowest BCUT2D eigenvalue weighted by atomic mass is 9.94. The second kappa shape index (κ2) is 8.47. The van der Waals surface area contributed by atoms with Crippen LogP contribution >= 0.6 is 0 Å². The number of nitrogens with zero attached hydrogens (tertiary/aromatic N) is 3. The van der Waals surface area contributed by atoms with Gasteiger partial charge in [-0.05, 0) is 38.5 Å². The molecule has 2 aliphatic heterocycles. The lowest BCUT2D eigenvalue weighted by Gasteiger charge is -2.32. The summed E-state index contributed by atoms with van der Waals surface area (Å²) in [4.78, 5) is 31.3. The van der Waals surface area contributed by atoms with Crippen molar-refractivity contribution in [2.75, 3.05) is 33.4 Å². The van der Waals surface area contributed by atoms with Crippen LogP contribution in [-0.2, 0) is 22.5 Å². The van der Waals surface area contributed by atoms with Crippen LogP contribution in [0.3, 0.4) is 0 Å². The Balaban J connectivity index is 1.58. The SMILES string of the molecule is COCCCNC(=O)c1ncn2c1CCC(C(=O)N1CCCCC1)C2. The molecule has 1 aromatic rings. The van der Waals surface area contributed by atoms with Crippen LogP contribution in [-0.4, -0.2) is 59.6 Å². The number of methoxy groups -OCH3 is 1. The van der Waals surface area contributed by atoms with E-state index in [9.17, 15) is 9.59 Å². The number of hydrogen-bond acceptors (Lipinski definition) is 4. The van der Waals surface area contributed by atoms with Gasteiger partial charge in [-0.15, -0.1) is 0 Å². The van der Waals surface area contributed by atoms with Crippen LogP contribution in [0.15, 0.2) is 6.33 Å². The number of fused-ring (bicyclic) bond motifs is 1. The predicted octanol–water partition coefficient (Wildman–Crippen LogP) is 1.22. The number of hydrogen-bond donors (Lipinski definition) is 1. The number of amides is 2. The highest BCUT2D eigenvalue weighted by atomic mass is 16.5. The van der Waals surface area contributed by atoms with Crippen molar-refractivity contribution < 1.29 is 14.3 Å². The smallest absolute Gasteiger partial charge is 0.271 e. The van der Waals surface area contributed by atoms with Gasteiger partial charge in [0, 0.05) is 39.9 Å². The average molecular weight is 348 g/mol. The molecule has 0 spiro atoms. The van der Waals surface area contributed by atoms with Gasteiger partial charge in [0.1, 0.15) is 5.69 Å². The molecule has 0 aromatic carbocycles. The minimum Gasteiger partial charge on any atom is -0.385 e. The Bertz CT molecular complexity index is 607. The topological polar surface area (TPSA) is 76.5 Å². The molecular formula is C18H28N4O3. The number of nitrogens with one attached hydrogen (secondary N) is 1. The molecule has 0 saturated carbocycles. The summed E-state index contributed by atoms with van der Waals surface area (Å²) in [5, 5.41) is 2.89. The van der Waals surface area contributed by atoms with Crippen LogP contribution in [0.5, 0.6) is 0 Å². The second-order valence-corrected chi connectivity index (χ2v) is 6.92. The number of rotatable bonds is 6. The van der Waals surface area contributed by atoms with Crippen LogP contribution in [0, 0.1) is 5.92 Å². The van der Waals surface area contributed by atoms with Crippen LogP contribution in [0.1, 0.15) is 48.3 Å². The summed E-state index contributed by atoms with van der Waals surface area (Å²) < 4.78 is 6.97. The molecule has 1 N–H and O–H groups in total. The molecule has 25 heavy (non-hydrogen) atoms. The molecule has 1 aromatic heterocycles. The number of carbonyl (C=O) groups excluding carboxylic acids is 2. The van der Waals surface area contributed by atoms with Crippen molar-refractivity contribution in [3.05, 3.63) is 17.7 Å². The fourth-order valence-electron chi connectivity index (χ4n) is 3.73. The van der Waals surface area contributed by atoms with Crippen molar-refractivity contribution in [1.29, 1.82) is 0 Å². The largest absolute Gasteiger partial charge is 0.385 e. The molecule has 3 rings (SSSR count). The Morgan fingerprint density at radius 2 is 2.12 bits per heavy atom. The standard InChI is InChI=1S/C18H28N4O3/c1-25-11-5-8-19-17(23)16-15-7-6-14(12-22(15)13-20-16)18(24)21-9-3-2-4-10-21/h13-14H,2-12H2,1H3,(H,19,23). The number of piperidine rings is 1. The fourth-order valence-corrected chi connectivity index (χ4v) is 3.73. The van der Waals surface area contributed by atoms with Gasteiger partial charge in [0.25, 0.3) is 5.91 Å². The van der Waals surface area contributed by atoms with Crippen molar-refractivity contribution >= 4 is 11.8 Å². The lowest BCUT2D eigenvalue weighted by Crippen LogP contribution is -2.42. The molecule has 1 saturated heterocycles. The van der Waals surface area contributed by atoms with Crippen LogP contribution < -0.4 is 5.32 Å². The molecule has 0 radical (unpaired) electrons. The van der Waals surface area contributed by atoms with Crippen molar-refractivity contribution in [1.82, 2.24) is 19.8 Å². The van der Waals surface area contributed by atoms with Gasteiger partial charge in [-0.1, -0.05) is 0 Å². The van der Waals surface area contributed by atoms with Crippen LogP contribution in [0.2, 0.25) is 0 Å². The van der Waals surface area contributed by atoms with Gasteiger partial charge in [0.2, 0.25) is 5.91 Å². The second-order valence-electron chi connectivity index (χ2n) is 6.92. The minimum absolute atomic E-state index is 0.0115. The highest BCUT2D eigenvalue weighted by Gasteiger charge is 2.31. The van der Waals surface area contributed by atoms with Crippen LogP contribution in [0.25, 0.3) is 0 Å². The first-order valence-corrected chi connectivity index (χ1v) is 9.30. The first kappa shape index (κ1) is 17.9. The molecule has 7 heteroatoms. The van der Waals surface area contributed by atoms with Crippen LogP contribution in [0.4, 0.5) is 0 Å². The highest BCUT2D eigenvalue weighted by molar-refractivity contribution is 5.93. The maximum Gasteiger partial charge on any atom is 0.271 e. The number of carbonyl (C=O) groups is 2. The third kappa shape index (κ3) is 4.21. The van der Waals surface area contributed by atoms with E-state index in [-0.39, 0.29) is 17.7 Å². The molecule has 7 nitrogen and oxygen atoms in total. The number of ether oxygens (including phenoxy) is 1. The first-order valence-electron chi connectivity index (χ1n) is 9.30. The highest BCUT2D eigenvalue weighted by Crippen LogP contribution is 2.25. The van der Waals surface area contributed by atoms with Gasteiger partial charge in [-0.25, -0.2) is 4.98 Å². The van der Waals surface area contributed by atoms with Crippen molar-refractivity contribution in [3.8, 4) is 0 Å². The Kier molecular flexibility index (Phi) is 6.07. The molecule has 138 valence electrons. The van der Waals surface area contributed by atoms with Gasteiger partial charge in [-0.2, -0.15) is 0 Å². The number of aromatic nitrogens is 2. The predicted molar refractivity (Wildman–Crippen MR) is 93.3 cm³/mol. The molecule has 0 bridgehead atoms. The summed E-state index contributed by atoms with van der Waals surface area (Å²) in [6.07, 6.45) is 7.46. The van der Waals surface area contributed by atoms with Crippen molar-refractivity contribution in [3.63, 3.8) is 0 Å². The van der Waals surface area contributed by atoms with E-state index in [0.29, 0.717) is 25.4 Å². The Labute approximate surface area is 148 Å². The van der Waals surface area contributed by atoms with Crippen molar-refractivity contribution in [2.45, 2.75) is 45.1 Å². The molecule has 2 amide bonds. The van der Waals surface area contributed by atoms with Gasteiger partial charge >= 0.3 is 0 Å². The van der Waals surface area contributed by atoms with E-state index in [1.165, 1.54) is 6.42 Å². The number of likely N-dealkylation sites (tertiary alicyclic amines) is 1. The lowest BCUT2D eigenvalue weighted by molar-refractivity contribution is -0.137. The summed E-state index contributed by atoms with van der Waals surface area (Å²) >= 11 is 0. The third-order valence-electron chi connectivity index (χ3n) is 5.14. The molecule has 3 heterocycles. The van der Waals surface area contributed by atoms with E-state index in [4.69, 9.17) is 4.74 Å². The summed E-state index contributed by atoms with van der Waals surface area (Å²) in [7, 11) is 1.65. The summed E-state index contributed by atoms with van der Waals surface area (Å²) in [6, 6.07) is 0. The van der Waals surface area contributed by atoms with Gasteiger partial charge in [0.05, 0.1) is 17.9 Å². The van der Waals surface area contributed by atoms with E-state index in [0.717, 1.165) is 50.9 Å². The average Bonchev–Trinajstić information content (AvgIpc) is 3.08. The fraction of sp³-hybridized carbons (Fsp3) is 0.722. The summed E-state index contributed by atoms with van der Waals surface area (Å²) in [6.45, 7) is 3.62. The molecule has 1 fully saturated rings. The zero-order chi connectivity index (χ0) is 17.6.